The van der Waals surface area contributed by atoms with Crippen molar-refractivity contribution in [3.63, 3.8) is 0 Å². The van der Waals surface area contributed by atoms with Gasteiger partial charge in [0.05, 0.1) is 25.3 Å². The fraction of sp³-hybridized carbons (Fsp3) is 0.235. The zero-order valence-corrected chi connectivity index (χ0v) is 24.5. The summed E-state index contributed by atoms with van der Waals surface area (Å²) in [7, 11) is 1.66. The first-order valence-corrected chi connectivity index (χ1v) is 14.0. The zero-order valence-electron chi connectivity index (χ0n) is 24.5. The maximum atomic E-state index is 14.0. The second-order valence-electron chi connectivity index (χ2n) is 10.7. The number of benzene rings is 3. The number of para-hydroxylation sites is 1. The highest BCUT2D eigenvalue weighted by Gasteiger charge is 2.34. The van der Waals surface area contributed by atoms with Crippen LogP contribution in [0.1, 0.15) is 50.2 Å². The van der Waals surface area contributed by atoms with Gasteiger partial charge in [0, 0.05) is 43.9 Å². The lowest BCUT2D eigenvalue weighted by molar-refractivity contribution is -0.140. The number of hydrogen-bond acceptors (Lipinski definition) is 4. The minimum absolute atomic E-state index is 0.0561. The lowest BCUT2D eigenvalue weighted by Crippen LogP contribution is -2.31. The van der Waals surface area contributed by atoms with Crippen molar-refractivity contribution in [1.29, 1.82) is 0 Å². The molecular formula is C34H31F3N3O4. The van der Waals surface area contributed by atoms with E-state index in [-0.39, 0.29) is 37.1 Å². The van der Waals surface area contributed by atoms with E-state index >= 15 is 0 Å². The predicted molar refractivity (Wildman–Crippen MR) is 160 cm³/mol. The van der Waals surface area contributed by atoms with Gasteiger partial charge in [-0.2, -0.15) is 13.2 Å². The monoisotopic (exact) mass is 602 g/mol. The first-order chi connectivity index (χ1) is 21.0. The second kappa shape index (κ2) is 12.4. The van der Waals surface area contributed by atoms with Crippen molar-refractivity contribution in [3.8, 4) is 11.1 Å². The van der Waals surface area contributed by atoms with Crippen molar-refractivity contribution < 1.29 is 32.3 Å². The largest absolute Gasteiger partial charge is 0.465 e. The van der Waals surface area contributed by atoms with Crippen LogP contribution in [-0.2, 0) is 28.8 Å². The van der Waals surface area contributed by atoms with E-state index in [2.05, 4.69) is 0 Å². The molecule has 0 fully saturated rings. The molecule has 3 aromatic carbocycles. The SMILES string of the molecule is CC(=O)OC[CH]CN(C)C(=O)c1ccc2n1Cc1ccccc1N(C(=O)c1ccc(-c3ccccc3C(F)(F)F)c(C)c1)C2. The molecule has 0 unspecified atom stereocenters. The fourth-order valence-electron chi connectivity index (χ4n) is 5.45. The Kier molecular flexibility index (Phi) is 8.62. The number of aromatic nitrogens is 1. The number of nitrogens with zero attached hydrogens (tertiary/aromatic N) is 3. The average Bonchev–Trinajstić information content (AvgIpc) is 3.30. The predicted octanol–water partition coefficient (Wildman–Crippen LogP) is 6.53. The van der Waals surface area contributed by atoms with Crippen LogP contribution in [0, 0.1) is 13.3 Å². The summed E-state index contributed by atoms with van der Waals surface area (Å²) in [5.74, 6) is -0.934. The molecule has 0 saturated heterocycles. The first-order valence-electron chi connectivity index (χ1n) is 14.0. The molecule has 1 aliphatic rings. The highest BCUT2D eigenvalue weighted by molar-refractivity contribution is 6.07. The van der Waals surface area contributed by atoms with E-state index in [1.54, 1.807) is 55.6 Å². The molecule has 44 heavy (non-hydrogen) atoms. The van der Waals surface area contributed by atoms with Crippen LogP contribution in [0.25, 0.3) is 11.1 Å². The summed E-state index contributed by atoms with van der Waals surface area (Å²) >= 11 is 0. The van der Waals surface area contributed by atoms with Crippen LogP contribution in [0.5, 0.6) is 0 Å². The number of aryl methyl sites for hydroxylation is 1. The molecule has 2 amide bonds. The highest BCUT2D eigenvalue weighted by atomic mass is 19.4. The van der Waals surface area contributed by atoms with Gasteiger partial charge in [0.2, 0.25) is 0 Å². The Morgan fingerprint density at radius 2 is 1.66 bits per heavy atom. The Bertz CT molecular complexity index is 1730. The molecule has 227 valence electrons. The third kappa shape index (κ3) is 6.24. The number of carbonyl (C=O) groups excluding carboxylic acids is 3. The summed E-state index contributed by atoms with van der Waals surface area (Å²) in [6.45, 7) is 3.93. The van der Waals surface area contributed by atoms with Gasteiger partial charge in [-0.3, -0.25) is 14.4 Å². The number of ether oxygens (including phenoxy) is 1. The van der Waals surface area contributed by atoms with Crippen molar-refractivity contribution in [3.05, 3.63) is 119 Å². The molecule has 1 aromatic heterocycles. The Hall–Kier alpha value is -4.86. The Balaban J connectivity index is 1.43. The van der Waals surface area contributed by atoms with Crippen molar-refractivity contribution in [2.75, 3.05) is 25.1 Å². The van der Waals surface area contributed by atoms with Crippen LogP contribution in [0.15, 0.2) is 78.9 Å². The number of amides is 2. The summed E-state index contributed by atoms with van der Waals surface area (Å²) in [5, 5.41) is 0. The fourth-order valence-corrected chi connectivity index (χ4v) is 5.45. The molecule has 7 nitrogen and oxygen atoms in total. The molecule has 4 aromatic rings. The second-order valence-corrected chi connectivity index (χ2v) is 10.7. The Labute approximate surface area is 253 Å². The summed E-state index contributed by atoms with van der Waals surface area (Å²) in [5.41, 5.74) is 3.33. The number of esters is 1. The lowest BCUT2D eigenvalue weighted by Gasteiger charge is -2.23. The third-order valence-electron chi connectivity index (χ3n) is 7.62. The molecule has 0 N–H and O–H groups in total. The molecule has 1 aliphatic heterocycles. The molecule has 0 bridgehead atoms. The van der Waals surface area contributed by atoms with Gasteiger partial charge in [-0.15, -0.1) is 0 Å². The third-order valence-corrected chi connectivity index (χ3v) is 7.62. The van der Waals surface area contributed by atoms with Gasteiger partial charge < -0.3 is 19.1 Å². The van der Waals surface area contributed by atoms with Gasteiger partial charge in [-0.1, -0.05) is 42.5 Å². The quantitative estimate of drug-likeness (QED) is 0.178. The number of fused-ring (bicyclic) bond motifs is 2. The minimum atomic E-state index is -4.51. The molecule has 2 heterocycles. The van der Waals surface area contributed by atoms with Gasteiger partial charge in [0.25, 0.3) is 11.8 Å². The maximum Gasteiger partial charge on any atom is 0.417 e. The smallest absolute Gasteiger partial charge is 0.417 e. The van der Waals surface area contributed by atoms with Gasteiger partial charge in [0.15, 0.2) is 0 Å². The highest BCUT2D eigenvalue weighted by Crippen LogP contribution is 2.38. The van der Waals surface area contributed by atoms with Crippen LogP contribution in [0.4, 0.5) is 18.9 Å². The van der Waals surface area contributed by atoms with Crippen LogP contribution in [-0.4, -0.2) is 47.4 Å². The number of anilines is 1. The van der Waals surface area contributed by atoms with Crippen molar-refractivity contribution >= 4 is 23.5 Å². The van der Waals surface area contributed by atoms with Crippen molar-refractivity contribution in [2.24, 2.45) is 0 Å². The van der Waals surface area contributed by atoms with Crippen LogP contribution in [0.2, 0.25) is 0 Å². The summed E-state index contributed by atoms with van der Waals surface area (Å²) < 4.78 is 47.9. The standard InChI is InChI=1S/C34H31F3N3O4/c1-22-19-24(13-15-27(22)28-10-5-6-11-29(28)34(35,36)37)32(42)40-21-26-14-16-31(33(43)38(3)17-8-18-44-23(2)41)39(26)20-25-9-4-7-12-30(25)40/h4-16,19H,17-18,20-21H2,1-3H3. The van der Waals surface area contributed by atoms with Gasteiger partial charge in [-0.05, 0) is 65.6 Å². The molecule has 0 atom stereocenters. The number of alkyl halides is 3. The van der Waals surface area contributed by atoms with E-state index < -0.39 is 17.7 Å². The van der Waals surface area contributed by atoms with Gasteiger partial charge >= 0.3 is 12.1 Å². The van der Waals surface area contributed by atoms with Gasteiger partial charge in [-0.25, -0.2) is 0 Å². The molecule has 0 saturated carbocycles. The van der Waals surface area contributed by atoms with E-state index in [4.69, 9.17) is 4.74 Å². The van der Waals surface area contributed by atoms with E-state index in [1.807, 2.05) is 34.9 Å². The molecule has 0 aliphatic carbocycles. The average molecular weight is 603 g/mol. The lowest BCUT2D eigenvalue weighted by atomic mass is 9.94. The van der Waals surface area contributed by atoms with E-state index in [9.17, 15) is 27.6 Å². The molecule has 1 radical (unpaired) electrons. The zero-order chi connectivity index (χ0) is 31.6. The van der Waals surface area contributed by atoms with E-state index in [1.165, 1.54) is 24.0 Å². The summed E-state index contributed by atoms with van der Waals surface area (Å²) in [6.07, 6.45) is -2.82. The summed E-state index contributed by atoms with van der Waals surface area (Å²) in [4.78, 5) is 41.6. The maximum absolute atomic E-state index is 14.0. The number of carbonyl (C=O) groups is 3. The number of rotatable bonds is 7. The molecule has 10 heteroatoms. The minimum Gasteiger partial charge on any atom is -0.465 e. The van der Waals surface area contributed by atoms with E-state index in [0.717, 1.165) is 17.3 Å². The van der Waals surface area contributed by atoms with Crippen LogP contribution < -0.4 is 4.90 Å². The number of hydrogen-bond donors (Lipinski definition) is 0. The molecule has 0 spiro atoms. The Morgan fingerprint density at radius 3 is 2.39 bits per heavy atom. The molecule has 5 rings (SSSR count). The van der Waals surface area contributed by atoms with Crippen molar-refractivity contribution in [2.45, 2.75) is 33.1 Å². The van der Waals surface area contributed by atoms with Crippen LogP contribution >= 0.6 is 0 Å². The Morgan fingerprint density at radius 1 is 0.932 bits per heavy atom. The van der Waals surface area contributed by atoms with Crippen molar-refractivity contribution in [1.82, 2.24) is 9.47 Å². The first kappa shape index (κ1) is 30.6. The van der Waals surface area contributed by atoms with Crippen LogP contribution in [0.3, 0.4) is 0 Å². The normalized spacial score (nSPS) is 12.6. The van der Waals surface area contributed by atoms with E-state index in [0.29, 0.717) is 34.6 Å². The number of halogens is 3. The summed E-state index contributed by atoms with van der Waals surface area (Å²) in [6, 6.07) is 21.1. The van der Waals surface area contributed by atoms with Gasteiger partial charge in [0.1, 0.15) is 5.69 Å². The molecular weight excluding hydrogens is 571 g/mol. The topological polar surface area (TPSA) is 71.8 Å².